The molecular weight excluding hydrogens is 102 g/mol. The van der Waals surface area contributed by atoms with E-state index in [1.807, 2.05) is 6.92 Å². The minimum absolute atomic E-state index is 0.697. The number of hydrogen-bond donors (Lipinski definition) is 0. The molecule has 0 bridgehead atoms. The highest BCUT2D eigenvalue weighted by Crippen LogP contribution is 1.96. The fourth-order valence-electron chi connectivity index (χ4n) is 0.192. The zero-order valence-corrected chi connectivity index (χ0v) is 5.35. The van der Waals surface area contributed by atoms with Crippen LogP contribution in [-0.4, -0.2) is 6.21 Å². The molecule has 0 aliphatic heterocycles. The van der Waals surface area contributed by atoms with E-state index in [2.05, 4.69) is 11.7 Å². The molecule has 0 unspecified atom stereocenters. The summed E-state index contributed by atoms with van der Waals surface area (Å²) < 4.78 is 0. The fourth-order valence-corrected chi connectivity index (χ4v) is 0.192. The van der Waals surface area contributed by atoms with E-state index in [1.54, 1.807) is 13.1 Å². The molecular formula is C6H11NO. The monoisotopic (exact) mass is 113 g/mol. The van der Waals surface area contributed by atoms with Crippen LogP contribution in [0.25, 0.3) is 0 Å². The van der Waals surface area contributed by atoms with Gasteiger partial charge in [0.1, 0.15) is 5.76 Å². The van der Waals surface area contributed by atoms with E-state index in [0.717, 1.165) is 6.42 Å². The van der Waals surface area contributed by atoms with E-state index in [9.17, 15) is 0 Å². The highest BCUT2D eigenvalue weighted by atomic mass is 16.6. The molecule has 0 spiro atoms. The van der Waals surface area contributed by atoms with Gasteiger partial charge in [-0.1, -0.05) is 18.7 Å². The maximum Gasteiger partial charge on any atom is 0.127 e. The van der Waals surface area contributed by atoms with Crippen molar-refractivity contribution in [3.8, 4) is 0 Å². The van der Waals surface area contributed by atoms with Crippen molar-refractivity contribution in [3.63, 3.8) is 0 Å². The topological polar surface area (TPSA) is 21.6 Å². The summed E-state index contributed by atoms with van der Waals surface area (Å²) in [5.41, 5.74) is 0. The molecule has 0 aromatic rings. The van der Waals surface area contributed by atoms with Gasteiger partial charge in [-0.25, -0.2) is 0 Å². The van der Waals surface area contributed by atoms with Gasteiger partial charge < -0.3 is 4.84 Å². The Labute approximate surface area is 49.8 Å². The van der Waals surface area contributed by atoms with Crippen LogP contribution in [0.3, 0.4) is 0 Å². The SMILES string of the molecule is C=C(CC)ON=CC. The van der Waals surface area contributed by atoms with Crippen LogP contribution in [0.15, 0.2) is 17.5 Å². The van der Waals surface area contributed by atoms with Crippen molar-refractivity contribution in [1.82, 2.24) is 0 Å². The minimum Gasteiger partial charge on any atom is -0.362 e. The van der Waals surface area contributed by atoms with Crippen LogP contribution in [-0.2, 0) is 4.84 Å². The Morgan fingerprint density at radius 2 is 2.50 bits per heavy atom. The summed E-state index contributed by atoms with van der Waals surface area (Å²) in [7, 11) is 0. The molecule has 0 N–H and O–H groups in total. The van der Waals surface area contributed by atoms with Crippen molar-refractivity contribution in [3.05, 3.63) is 12.3 Å². The zero-order chi connectivity index (χ0) is 6.41. The number of rotatable bonds is 3. The Kier molecular flexibility index (Phi) is 3.94. The molecule has 8 heavy (non-hydrogen) atoms. The lowest BCUT2D eigenvalue weighted by molar-refractivity contribution is 0.222. The first-order chi connectivity index (χ1) is 3.81. The first kappa shape index (κ1) is 7.21. The number of allylic oxidation sites excluding steroid dienone is 1. The molecule has 0 aromatic heterocycles. The second-order valence-corrected chi connectivity index (χ2v) is 1.35. The van der Waals surface area contributed by atoms with Crippen molar-refractivity contribution >= 4 is 6.21 Å². The Morgan fingerprint density at radius 1 is 1.88 bits per heavy atom. The molecule has 0 amide bonds. The minimum atomic E-state index is 0.697. The third-order valence-electron chi connectivity index (χ3n) is 0.682. The average Bonchev–Trinajstić information content (AvgIpc) is 1.83. The van der Waals surface area contributed by atoms with Gasteiger partial charge in [-0.2, -0.15) is 0 Å². The molecule has 0 radical (unpaired) electrons. The lowest BCUT2D eigenvalue weighted by Gasteiger charge is -1.94. The van der Waals surface area contributed by atoms with E-state index in [-0.39, 0.29) is 0 Å². The second kappa shape index (κ2) is 4.37. The molecule has 0 saturated carbocycles. The van der Waals surface area contributed by atoms with Crippen LogP contribution in [0, 0.1) is 0 Å². The molecule has 46 valence electrons. The number of nitrogens with zero attached hydrogens (tertiary/aromatic N) is 1. The summed E-state index contributed by atoms with van der Waals surface area (Å²) >= 11 is 0. The lowest BCUT2D eigenvalue weighted by Crippen LogP contribution is -1.78. The first-order valence-electron chi connectivity index (χ1n) is 2.64. The lowest BCUT2D eigenvalue weighted by atomic mass is 10.4. The average molecular weight is 113 g/mol. The largest absolute Gasteiger partial charge is 0.362 e. The van der Waals surface area contributed by atoms with Gasteiger partial charge in [0.2, 0.25) is 0 Å². The Hall–Kier alpha value is -0.790. The van der Waals surface area contributed by atoms with Gasteiger partial charge in [-0.05, 0) is 6.92 Å². The smallest absolute Gasteiger partial charge is 0.127 e. The van der Waals surface area contributed by atoms with Gasteiger partial charge in [0.05, 0.1) is 0 Å². The highest BCUT2D eigenvalue weighted by Gasteiger charge is 1.83. The van der Waals surface area contributed by atoms with E-state index in [4.69, 9.17) is 4.84 Å². The summed E-state index contributed by atoms with van der Waals surface area (Å²) in [5.74, 6) is 0.697. The van der Waals surface area contributed by atoms with E-state index < -0.39 is 0 Å². The van der Waals surface area contributed by atoms with Gasteiger partial charge in [0.15, 0.2) is 0 Å². The van der Waals surface area contributed by atoms with Crippen molar-refractivity contribution in [2.75, 3.05) is 0 Å². The van der Waals surface area contributed by atoms with Crippen LogP contribution in [0.2, 0.25) is 0 Å². The van der Waals surface area contributed by atoms with Crippen molar-refractivity contribution < 1.29 is 4.84 Å². The third-order valence-corrected chi connectivity index (χ3v) is 0.682. The Morgan fingerprint density at radius 3 is 2.88 bits per heavy atom. The van der Waals surface area contributed by atoms with Crippen molar-refractivity contribution in [1.29, 1.82) is 0 Å². The van der Waals surface area contributed by atoms with E-state index >= 15 is 0 Å². The second-order valence-electron chi connectivity index (χ2n) is 1.35. The van der Waals surface area contributed by atoms with Gasteiger partial charge in [0, 0.05) is 12.6 Å². The molecule has 0 aromatic carbocycles. The molecule has 0 saturated heterocycles. The molecule has 0 heterocycles. The van der Waals surface area contributed by atoms with Crippen molar-refractivity contribution in [2.24, 2.45) is 5.16 Å². The molecule has 2 heteroatoms. The Bertz CT molecular complexity index is 96.7. The zero-order valence-electron chi connectivity index (χ0n) is 5.35. The molecule has 2 nitrogen and oxygen atoms in total. The Balaban J connectivity index is 3.25. The maximum atomic E-state index is 4.72. The van der Waals surface area contributed by atoms with Crippen LogP contribution >= 0.6 is 0 Å². The van der Waals surface area contributed by atoms with Gasteiger partial charge in [-0.15, -0.1) is 0 Å². The fraction of sp³-hybridized carbons (Fsp3) is 0.500. The number of hydrogen-bond acceptors (Lipinski definition) is 2. The number of oxime groups is 1. The summed E-state index contributed by atoms with van der Waals surface area (Å²) in [6.45, 7) is 7.34. The summed E-state index contributed by atoms with van der Waals surface area (Å²) in [6, 6.07) is 0. The van der Waals surface area contributed by atoms with Crippen LogP contribution < -0.4 is 0 Å². The quantitative estimate of drug-likeness (QED) is 0.311. The first-order valence-corrected chi connectivity index (χ1v) is 2.64. The maximum absolute atomic E-state index is 4.72. The third kappa shape index (κ3) is 3.40. The molecule has 0 fully saturated rings. The van der Waals surface area contributed by atoms with E-state index in [0.29, 0.717) is 5.76 Å². The molecule has 0 atom stereocenters. The summed E-state index contributed by atoms with van der Waals surface area (Å²) in [4.78, 5) is 4.72. The molecule has 0 aliphatic carbocycles. The predicted molar refractivity (Wildman–Crippen MR) is 34.7 cm³/mol. The predicted octanol–water partition coefficient (Wildman–Crippen LogP) is 1.93. The van der Waals surface area contributed by atoms with Gasteiger partial charge in [-0.3, -0.25) is 0 Å². The van der Waals surface area contributed by atoms with Crippen LogP contribution in [0.4, 0.5) is 0 Å². The van der Waals surface area contributed by atoms with Crippen LogP contribution in [0.1, 0.15) is 20.3 Å². The van der Waals surface area contributed by atoms with Crippen LogP contribution in [0.5, 0.6) is 0 Å². The van der Waals surface area contributed by atoms with Gasteiger partial charge in [0.25, 0.3) is 0 Å². The summed E-state index contributed by atoms with van der Waals surface area (Å²) in [5, 5.41) is 3.52. The molecule has 0 rings (SSSR count). The normalized spacial score (nSPS) is 9.75. The van der Waals surface area contributed by atoms with E-state index in [1.165, 1.54) is 0 Å². The van der Waals surface area contributed by atoms with Crippen molar-refractivity contribution in [2.45, 2.75) is 20.3 Å². The standard InChI is InChI=1S/C6H11NO/c1-4-6(3)8-7-5-2/h5H,3-4H2,1-2H3. The van der Waals surface area contributed by atoms with Gasteiger partial charge >= 0.3 is 0 Å². The highest BCUT2D eigenvalue weighted by molar-refractivity contribution is 5.52. The molecule has 0 aliphatic rings. The summed E-state index contributed by atoms with van der Waals surface area (Å²) in [6.07, 6.45) is 2.40.